The molecule has 0 radical (unpaired) electrons. The van der Waals surface area contributed by atoms with Gasteiger partial charge in [-0.05, 0) is 151 Å². The fourth-order valence-corrected chi connectivity index (χ4v) is 43.1. The van der Waals surface area contributed by atoms with Gasteiger partial charge >= 0.3 is 7.12 Å². The minimum absolute atomic E-state index is 0.567. The van der Waals surface area contributed by atoms with Gasteiger partial charge in [0.15, 0.2) is 0 Å². The van der Waals surface area contributed by atoms with E-state index in [9.17, 15) is 0 Å². The molecule has 0 atom stereocenters. The van der Waals surface area contributed by atoms with Crippen LogP contribution in [0.25, 0.3) is 70.7 Å². The third-order valence-corrected chi connectivity index (χ3v) is 52.4. The zero-order valence-corrected chi connectivity index (χ0v) is 75.2. The quantitative estimate of drug-likeness (QED) is 0.0664. The summed E-state index contributed by atoms with van der Waals surface area (Å²) in [6.45, 7) is 57.6. The first-order chi connectivity index (χ1) is 47.6. The largest absolute Gasteiger partial charge is 0.480 e. The van der Waals surface area contributed by atoms with Gasteiger partial charge < -0.3 is 10.0 Å². The SMILES string of the molecule is CC(C)[Si](C#Cc1c2cc(/C=C/c3ccccc3)sc2c(C#C[Si](C(C)C)(C(C)C)C(C)C)c2cc(/C=C/c3ccccc3)sc12)(C(C)C)C(C)C.CC(C)[Si](C#Cc1c2cc(Br)sc2c(C#C[Si](C(C)C)(C(C)C)C(C)C)c2cc(Br)sc12)(C(C)C)C(C)C.OB(O)/C=C/c1ccccc1. The van der Waals surface area contributed by atoms with Crippen molar-refractivity contribution in [2.45, 2.75) is 233 Å². The molecule has 0 amide bonds. The summed E-state index contributed by atoms with van der Waals surface area (Å²) >= 11 is 15.0. The lowest BCUT2D eigenvalue weighted by Crippen LogP contribution is -2.43. The fourth-order valence-electron chi connectivity index (χ4n) is 16.8. The molecule has 0 saturated heterocycles. The van der Waals surface area contributed by atoms with Gasteiger partial charge in [-0.15, -0.1) is 67.5 Å². The van der Waals surface area contributed by atoms with E-state index in [1.807, 2.05) is 75.7 Å². The van der Waals surface area contributed by atoms with Crippen LogP contribution < -0.4 is 0 Å². The van der Waals surface area contributed by atoms with Crippen molar-refractivity contribution in [3.8, 4) is 45.9 Å². The maximum absolute atomic E-state index is 8.48. The molecule has 5 aromatic carbocycles. The van der Waals surface area contributed by atoms with Crippen LogP contribution in [-0.2, 0) is 0 Å². The Morgan fingerprint density at radius 1 is 0.307 bits per heavy atom. The summed E-state index contributed by atoms with van der Waals surface area (Å²) < 4.78 is 7.40. The number of rotatable bonds is 18. The van der Waals surface area contributed by atoms with Crippen LogP contribution in [0, 0.1) is 45.9 Å². The second-order valence-corrected chi connectivity index (χ2v) is 60.5. The molecule has 101 heavy (non-hydrogen) atoms. The lowest BCUT2D eigenvalue weighted by Gasteiger charge is -2.38. The fraction of sp³-hybridized carbons (Fsp3) is 0.409. The van der Waals surface area contributed by atoms with Gasteiger partial charge in [0, 0.05) is 31.3 Å². The molecule has 0 fully saturated rings. The van der Waals surface area contributed by atoms with E-state index in [0.29, 0.717) is 66.5 Å². The number of hydrogen-bond donors (Lipinski definition) is 2. The van der Waals surface area contributed by atoms with Crippen molar-refractivity contribution in [3.63, 3.8) is 0 Å². The molecule has 532 valence electrons. The van der Waals surface area contributed by atoms with Crippen molar-refractivity contribution in [2.75, 3.05) is 0 Å². The maximum atomic E-state index is 8.48. The van der Waals surface area contributed by atoms with Crippen LogP contribution in [-0.4, -0.2) is 49.5 Å². The summed E-state index contributed by atoms with van der Waals surface area (Å²) in [6.07, 6.45) is 10.7. The number of thiophene rings is 4. The first-order valence-corrected chi connectivity index (χ1v) is 50.4. The van der Waals surface area contributed by atoms with Crippen LogP contribution in [0.3, 0.4) is 0 Å². The lowest BCUT2D eigenvalue weighted by molar-refractivity contribution is 0.424. The minimum atomic E-state index is -1.99. The topological polar surface area (TPSA) is 40.5 Å². The summed E-state index contributed by atoms with van der Waals surface area (Å²) in [7, 11) is -9.06. The van der Waals surface area contributed by atoms with E-state index in [1.54, 1.807) is 6.08 Å². The van der Waals surface area contributed by atoms with E-state index in [4.69, 9.17) is 10.0 Å². The molecule has 0 aliphatic heterocycles. The van der Waals surface area contributed by atoms with Crippen LogP contribution in [0.15, 0.2) is 129 Å². The van der Waals surface area contributed by atoms with Crippen LogP contribution in [0.1, 0.15) is 215 Å². The Hall–Kier alpha value is -4.79. The van der Waals surface area contributed by atoms with Crippen molar-refractivity contribution in [3.05, 3.63) is 178 Å². The van der Waals surface area contributed by atoms with E-state index >= 15 is 0 Å². The lowest BCUT2D eigenvalue weighted by atomic mass is 9.91. The first-order valence-electron chi connectivity index (χ1n) is 36.7. The summed E-state index contributed by atoms with van der Waals surface area (Å²) in [5.74, 6) is 17.0. The molecule has 0 aliphatic rings. The van der Waals surface area contributed by atoms with Crippen molar-refractivity contribution in [1.82, 2.24) is 0 Å². The number of hydrogen-bond acceptors (Lipinski definition) is 6. The van der Waals surface area contributed by atoms with Gasteiger partial charge in [-0.1, -0.05) is 305 Å². The molecule has 4 heterocycles. The van der Waals surface area contributed by atoms with E-state index < -0.39 is 39.4 Å². The van der Waals surface area contributed by atoms with Crippen LogP contribution in [0.4, 0.5) is 0 Å². The first kappa shape index (κ1) is 83.5. The smallest absolute Gasteiger partial charge is 0.424 e. The van der Waals surface area contributed by atoms with E-state index in [1.165, 1.54) is 89.5 Å². The Labute approximate surface area is 647 Å². The van der Waals surface area contributed by atoms with Crippen LogP contribution >= 0.6 is 77.2 Å². The van der Waals surface area contributed by atoms with Crippen molar-refractivity contribution in [2.24, 2.45) is 0 Å². The molecule has 0 bridgehead atoms. The predicted molar refractivity (Wildman–Crippen MR) is 478 cm³/mol. The van der Waals surface area contributed by atoms with Crippen molar-refractivity contribution < 1.29 is 10.0 Å². The normalized spacial score (nSPS) is 12.6. The maximum Gasteiger partial charge on any atom is 0.480 e. The molecular weight excluding hydrogens is 1500 g/mol. The van der Waals surface area contributed by atoms with Gasteiger partial charge in [0.25, 0.3) is 0 Å². The molecule has 2 N–H and O–H groups in total. The molecule has 0 unspecified atom stereocenters. The zero-order valence-electron chi connectivity index (χ0n) is 64.7. The average molecular weight is 1610 g/mol. The highest BCUT2D eigenvalue weighted by molar-refractivity contribution is 9.11. The summed E-state index contributed by atoms with van der Waals surface area (Å²) in [5.41, 5.74) is 31.4. The monoisotopic (exact) mass is 1610 g/mol. The van der Waals surface area contributed by atoms with Gasteiger partial charge in [-0.3, -0.25) is 0 Å². The van der Waals surface area contributed by atoms with Crippen LogP contribution in [0.2, 0.25) is 66.5 Å². The molecule has 13 heteroatoms. The highest BCUT2D eigenvalue weighted by Gasteiger charge is 2.45. The average Bonchev–Trinajstić information content (AvgIpc) is 1.59. The number of benzene rings is 5. The Morgan fingerprint density at radius 3 is 0.752 bits per heavy atom. The second-order valence-electron chi connectivity index (χ2n) is 31.1. The highest BCUT2D eigenvalue weighted by atomic mass is 79.9. The molecule has 2 nitrogen and oxygen atoms in total. The molecule has 0 spiro atoms. The van der Waals surface area contributed by atoms with E-state index in [-0.39, 0.29) is 0 Å². The Kier molecular flexibility index (Phi) is 30.2. The summed E-state index contributed by atoms with van der Waals surface area (Å²) in [5, 5.41) is 22.0. The summed E-state index contributed by atoms with van der Waals surface area (Å²) in [6, 6.07) is 40.1. The Balaban J connectivity index is 0.000000254. The van der Waals surface area contributed by atoms with E-state index in [0.717, 1.165) is 13.1 Å². The molecule has 4 aromatic heterocycles. The molecule has 0 saturated carbocycles. The molecular formula is C88H111BBr2O2S4Si4. The Bertz CT molecular complexity index is 4170. The third kappa shape index (κ3) is 18.7. The number of fused-ring (bicyclic) bond motifs is 4. The van der Waals surface area contributed by atoms with Gasteiger partial charge in [0.2, 0.25) is 0 Å². The van der Waals surface area contributed by atoms with Crippen molar-refractivity contribution in [1.29, 1.82) is 0 Å². The van der Waals surface area contributed by atoms with Gasteiger partial charge in [-0.2, -0.15) is 0 Å². The molecule has 9 rings (SSSR count). The third-order valence-electron chi connectivity index (χ3n) is 21.7. The predicted octanol–water partition coefficient (Wildman–Crippen LogP) is 29.1. The number of halogens is 2. The zero-order chi connectivity index (χ0) is 74.6. The second kappa shape index (κ2) is 36.5. The van der Waals surface area contributed by atoms with Crippen LogP contribution in [0.5, 0.6) is 0 Å². The van der Waals surface area contributed by atoms with Crippen molar-refractivity contribution >= 4 is 187 Å². The Morgan fingerprint density at radius 2 is 0.525 bits per heavy atom. The van der Waals surface area contributed by atoms with Gasteiger partial charge in [0.05, 0.1) is 48.6 Å². The highest BCUT2D eigenvalue weighted by Crippen LogP contribution is 2.49. The minimum Gasteiger partial charge on any atom is -0.424 e. The molecule has 0 aliphatic carbocycles. The molecule has 9 aromatic rings. The van der Waals surface area contributed by atoms with E-state index in [2.05, 4.69) is 353 Å². The summed E-state index contributed by atoms with van der Waals surface area (Å²) in [4.78, 5) is 2.49. The van der Waals surface area contributed by atoms with Gasteiger partial charge in [-0.25, -0.2) is 0 Å². The standard InChI is InChI=1S/C48H58S2Si2.C32H44Br2S2Si2.C8H9BO2/c1-33(2)51(34(3)4,35(5)6)29-27-43-45-31-41(25-23-39-19-15-13-16-20-39)50-48(45)44(28-30-52(36(7)8,37(9)10)38(11)12)46-32-42(49-47(43)46)26-24-40-21-17-14-18-22-40;1-19(2)37(20(3)4,21(5)6)15-13-25-27-17-29(33)36-32(27)26(28-18-30(34)35-31(25)28)14-16-38(22(7)8,23(9)10)24(11)12;10-9(11)7-6-8-4-2-1-3-5-8/h13-26,31-38H,1-12H3;17-24H,1-12H3;1-7,10-11H/b25-23+,26-24+;;7-6+. The van der Waals surface area contributed by atoms with Gasteiger partial charge in [0.1, 0.15) is 32.3 Å².